The van der Waals surface area contributed by atoms with Gasteiger partial charge in [0, 0.05) is 17.0 Å². The van der Waals surface area contributed by atoms with Crippen LogP contribution in [0.3, 0.4) is 0 Å². The lowest BCUT2D eigenvalue weighted by Crippen LogP contribution is -2.35. The van der Waals surface area contributed by atoms with Gasteiger partial charge in [-0.2, -0.15) is 0 Å². The second-order valence-corrected chi connectivity index (χ2v) is 6.06. The number of rotatable bonds is 4. The zero-order chi connectivity index (χ0) is 15.6. The number of amides is 2. The highest BCUT2D eigenvalue weighted by Crippen LogP contribution is 2.36. The number of carboxylic acids is 1. The number of carboxylic acid groups (broad SMARTS) is 1. The standard InChI is InChI=1S/C14H16N2O4S/c1-3-16(7-12(17)18)14(20)9-4-5-11-10(6-9)15-13(19)8(2)21-11/h4-6,8H,3,7H2,1-2H3,(H,15,19)(H,17,18). The molecule has 1 unspecified atom stereocenters. The van der Waals surface area contributed by atoms with Gasteiger partial charge < -0.3 is 15.3 Å². The Bertz CT molecular complexity index is 603. The number of anilines is 1. The first kappa shape index (κ1) is 15.4. The monoisotopic (exact) mass is 308 g/mol. The maximum atomic E-state index is 12.3. The van der Waals surface area contributed by atoms with Gasteiger partial charge in [0.2, 0.25) is 5.91 Å². The van der Waals surface area contributed by atoms with Gasteiger partial charge in [0.25, 0.3) is 5.91 Å². The SMILES string of the molecule is CCN(CC(=O)O)C(=O)c1ccc2c(c1)NC(=O)C(C)S2. The maximum absolute atomic E-state index is 12.3. The average molecular weight is 308 g/mol. The van der Waals surface area contributed by atoms with Crippen molar-refractivity contribution in [1.82, 2.24) is 4.90 Å². The molecular formula is C14H16N2O4S. The molecule has 2 N–H and O–H groups in total. The van der Waals surface area contributed by atoms with Gasteiger partial charge >= 0.3 is 5.97 Å². The predicted molar refractivity (Wildman–Crippen MR) is 79.6 cm³/mol. The van der Waals surface area contributed by atoms with E-state index >= 15 is 0 Å². The Morgan fingerprint density at radius 1 is 1.43 bits per heavy atom. The first-order chi connectivity index (χ1) is 9.92. The number of thioether (sulfide) groups is 1. The van der Waals surface area contributed by atoms with Crippen molar-refractivity contribution in [3.8, 4) is 0 Å². The van der Waals surface area contributed by atoms with E-state index < -0.39 is 5.97 Å². The summed E-state index contributed by atoms with van der Waals surface area (Å²) in [6.45, 7) is 3.50. The molecular weight excluding hydrogens is 292 g/mol. The molecule has 0 bridgehead atoms. The molecule has 0 saturated heterocycles. The van der Waals surface area contributed by atoms with Crippen LogP contribution in [0.5, 0.6) is 0 Å². The van der Waals surface area contributed by atoms with Crippen LogP contribution in [0.2, 0.25) is 0 Å². The third-order valence-electron chi connectivity index (χ3n) is 3.15. The summed E-state index contributed by atoms with van der Waals surface area (Å²) < 4.78 is 0. The van der Waals surface area contributed by atoms with Crippen molar-refractivity contribution in [1.29, 1.82) is 0 Å². The fraction of sp³-hybridized carbons (Fsp3) is 0.357. The van der Waals surface area contributed by atoms with E-state index in [1.165, 1.54) is 16.7 Å². The molecule has 2 rings (SSSR count). The van der Waals surface area contributed by atoms with E-state index in [1.807, 2.05) is 6.92 Å². The molecule has 0 fully saturated rings. The molecule has 21 heavy (non-hydrogen) atoms. The molecule has 1 aliphatic rings. The van der Waals surface area contributed by atoms with E-state index in [0.29, 0.717) is 17.8 Å². The molecule has 0 radical (unpaired) electrons. The Balaban J connectivity index is 2.25. The smallest absolute Gasteiger partial charge is 0.323 e. The number of fused-ring (bicyclic) bond motifs is 1. The van der Waals surface area contributed by atoms with E-state index in [1.54, 1.807) is 25.1 Å². The minimum Gasteiger partial charge on any atom is -0.480 e. The van der Waals surface area contributed by atoms with Gasteiger partial charge in [0.15, 0.2) is 0 Å². The fourth-order valence-corrected chi connectivity index (χ4v) is 2.95. The van der Waals surface area contributed by atoms with E-state index in [4.69, 9.17) is 5.11 Å². The summed E-state index contributed by atoms with van der Waals surface area (Å²) in [5.74, 6) is -1.52. The molecule has 1 aromatic carbocycles. The van der Waals surface area contributed by atoms with Crippen LogP contribution in [-0.2, 0) is 9.59 Å². The summed E-state index contributed by atoms with van der Waals surface area (Å²) in [6.07, 6.45) is 0. The number of nitrogens with zero attached hydrogens (tertiary/aromatic N) is 1. The molecule has 0 saturated carbocycles. The number of carbonyl (C=O) groups is 3. The number of likely N-dealkylation sites (N-methyl/N-ethyl adjacent to an activating group) is 1. The quantitative estimate of drug-likeness (QED) is 0.883. The Labute approximate surface area is 126 Å². The summed E-state index contributed by atoms with van der Waals surface area (Å²) in [7, 11) is 0. The highest BCUT2D eigenvalue weighted by molar-refractivity contribution is 8.00. The lowest BCUT2D eigenvalue weighted by atomic mass is 10.1. The summed E-state index contributed by atoms with van der Waals surface area (Å²) in [6, 6.07) is 5.03. The molecule has 1 heterocycles. The molecule has 1 aromatic rings. The van der Waals surface area contributed by atoms with Gasteiger partial charge in [-0.05, 0) is 32.0 Å². The molecule has 0 aliphatic carbocycles. The largest absolute Gasteiger partial charge is 0.480 e. The lowest BCUT2D eigenvalue weighted by molar-refractivity contribution is -0.137. The summed E-state index contributed by atoms with van der Waals surface area (Å²) in [4.78, 5) is 36.9. The summed E-state index contributed by atoms with van der Waals surface area (Å²) in [5.41, 5.74) is 0.965. The third-order valence-corrected chi connectivity index (χ3v) is 4.33. The zero-order valence-corrected chi connectivity index (χ0v) is 12.6. The van der Waals surface area contributed by atoms with Crippen molar-refractivity contribution in [2.75, 3.05) is 18.4 Å². The number of aliphatic carboxylic acids is 1. The van der Waals surface area contributed by atoms with Crippen molar-refractivity contribution < 1.29 is 19.5 Å². The predicted octanol–water partition coefficient (Wildman–Crippen LogP) is 1.67. The Hall–Kier alpha value is -2.02. The van der Waals surface area contributed by atoms with Crippen LogP contribution in [-0.4, -0.2) is 46.1 Å². The molecule has 1 atom stereocenters. The van der Waals surface area contributed by atoms with Crippen LogP contribution in [0.25, 0.3) is 0 Å². The van der Waals surface area contributed by atoms with Crippen molar-refractivity contribution in [2.45, 2.75) is 24.0 Å². The van der Waals surface area contributed by atoms with Crippen molar-refractivity contribution >= 4 is 35.2 Å². The van der Waals surface area contributed by atoms with Crippen LogP contribution in [0.15, 0.2) is 23.1 Å². The third kappa shape index (κ3) is 3.36. The normalized spacial score (nSPS) is 16.9. The molecule has 7 heteroatoms. The first-order valence-corrected chi connectivity index (χ1v) is 7.43. The number of carbonyl (C=O) groups excluding carboxylic acids is 2. The van der Waals surface area contributed by atoms with E-state index in [-0.39, 0.29) is 23.6 Å². The van der Waals surface area contributed by atoms with Crippen LogP contribution >= 0.6 is 11.8 Å². The van der Waals surface area contributed by atoms with Gasteiger partial charge in [-0.1, -0.05) is 0 Å². The van der Waals surface area contributed by atoms with Crippen molar-refractivity contribution in [3.05, 3.63) is 23.8 Å². The van der Waals surface area contributed by atoms with E-state index in [0.717, 1.165) is 4.90 Å². The second-order valence-electron chi connectivity index (χ2n) is 4.67. The molecule has 112 valence electrons. The first-order valence-electron chi connectivity index (χ1n) is 6.55. The van der Waals surface area contributed by atoms with Gasteiger partial charge in [0.05, 0.1) is 10.9 Å². The van der Waals surface area contributed by atoms with Crippen LogP contribution in [0.1, 0.15) is 24.2 Å². The van der Waals surface area contributed by atoms with Crippen molar-refractivity contribution in [3.63, 3.8) is 0 Å². The average Bonchev–Trinajstić information content (AvgIpc) is 2.44. The van der Waals surface area contributed by atoms with Gasteiger partial charge in [-0.25, -0.2) is 0 Å². The number of benzene rings is 1. The molecule has 0 spiro atoms. The van der Waals surface area contributed by atoms with Crippen molar-refractivity contribution in [2.24, 2.45) is 0 Å². The maximum Gasteiger partial charge on any atom is 0.323 e. The number of nitrogens with one attached hydrogen (secondary N) is 1. The number of hydrogen-bond acceptors (Lipinski definition) is 4. The van der Waals surface area contributed by atoms with Gasteiger partial charge in [-0.3, -0.25) is 14.4 Å². The fourth-order valence-electron chi connectivity index (χ4n) is 2.01. The number of hydrogen-bond donors (Lipinski definition) is 2. The Morgan fingerprint density at radius 2 is 2.14 bits per heavy atom. The van der Waals surface area contributed by atoms with Crippen LogP contribution in [0.4, 0.5) is 5.69 Å². The van der Waals surface area contributed by atoms with Gasteiger partial charge in [-0.15, -0.1) is 11.8 Å². The van der Waals surface area contributed by atoms with E-state index in [2.05, 4.69) is 5.32 Å². The molecule has 6 nitrogen and oxygen atoms in total. The molecule has 2 amide bonds. The second kappa shape index (κ2) is 6.17. The minimum absolute atomic E-state index is 0.102. The van der Waals surface area contributed by atoms with Crippen LogP contribution in [0, 0.1) is 0 Å². The lowest BCUT2D eigenvalue weighted by Gasteiger charge is -2.23. The summed E-state index contributed by atoms with van der Waals surface area (Å²) in [5, 5.41) is 11.4. The minimum atomic E-state index is -1.05. The summed E-state index contributed by atoms with van der Waals surface area (Å²) >= 11 is 1.43. The molecule has 1 aliphatic heterocycles. The van der Waals surface area contributed by atoms with E-state index in [9.17, 15) is 14.4 Å². The topological polar surface area (TPSA) is 86.7 Å². The van der Waals surface area contributed by atoms with Crippen LogP contribution < -0.4 is 5.32 Å². The Kier molecular flexibility index (Phi) is 4.52. The highest BCUT2D eigenvalue weighted by Gasteiger charge is 2.25. The highest BCUT2D eigenvalue weighted by atomic mass is 32.2. The van der Waals surface area contributed by atoms with Gasteiger partial charge in [0.1, 0.15) is 6.54 Å². The zero-order valence-electron chi connectivity index (χ0n) is 11.8. The molecule has 0 aromatic heterocycles. The Morgan fingerprint density at radius 3 is 2.76 bits per heavy atom.